The van der Waals surface area contributed by atoms with Crippen LogP contribution in [0.15, 0.2) is 24.3 Å². The van der Waals surface area contributed by atoms with Crippen molar-refractivity contribution in [2.24, 2.45) is 11.7 Å². The highest BCUT2D eigenvalue weighted by molar-refractivity contribution is 5.96. The molecule has 1 aromatic rings. The number of rotatable bonds is 5. The second kappa shape index (κ2) is 7.59. The molecule has 0 radical (unpaired) electrons. The Kier molecular flexibility index (Phi) is 6.33. The quantitative estimate of drug-likeness (QED) is 0.780. The predicted octanol–water partition coefficient (Wildman–Crippen LogP) is 2.85. The van der Waals surface area contributed by atoms with Crippen molar-refractivity contribution in [2.75, 3.05) is 0 Å². The van der Waals surface area contributed by atoms with Gasteiger partial charge in [0.15, 0.2) is 0 Å². The van der Waals surface area contributed by atoms with Gasteiger partial charge < -0.3 is 5.73 Å². The van der Waals surface area contributed by atoms with Gasteiger partial charge in [0.25, 0.3) is 0 Å². The van der Waals surface area contributed by atoms with Gasteiger partial charge in [-0.3, -0.25) is 15.4 Å². The lowest BCUT2D eigenvalue weighted by atomic mass is 9.85. The Morgan fingerprint density at radius 2 is 1.57 bits per heavy atom. The van der Waals surface area contributed by atoms with Crippen LogP contribution in [-0.2, 0) is 10.2 Å². The van der Waals surface area contributed by atoms with E-state index in [0.29, 0.717) is 5.92 Å². The standard InChI is InChI=1S/C18H29N3O2/c1-11(2)15(20-12(3)16(22)21-17(19)23)13-7-9-14(10-8-13)18(4,5)6/h7-12,15,20H,1-6H3,(H3,19,21,22,23)/t12-,15+/m0/s1. The number of primary amides is 1. The Hall–Kier alpha value is -1.88. The molecule has 0 fully saturated rings. The highest BCUT2D eigenvalue weighted by atomic mass is 16.2. The van der Waals surface area contributed by atoms with Crippen molar-refractivity contribution < 1.29 is 9.59 Å². The van der Waals surface area contributed by atoms with Gasteiger partial charge in [0.1, 0.15) is 0 Å². The summed E-state index contributed by atoms with van der Waals surface area (Å²) < 4.78 is 0. The van der Waals surface area contributed by atoms with Gasteiger partial charge in [-0.05, 0) is 29.4 Å². The van der Waals surface area contributed by atoms with E-state index in [4.69, 9.17) is 5.73 Å². The summed E-state index contributed by atoms with van der Waals surface area (Å²) in [5.74, 6) is -0.131. The van der Waals surface area contributed by atoms with Crippen molar-refractivity contribution in [3.05, 3.63) is 35.4 Å². The maximum absolute atomic E-state index is 11.9. The summed E-state index contributed by atoms with van der Waals surface area (Å²) in [6.07, 6.45) is 0. The van der Waals surface area contributed by atoms with Crippen LogP contribution in [0.1, 0.15) is 58.7 Å². The van der Waals surface area contributed by atoms with Crippen LogP contribution in [0.4, 0.5) is 4.79 Å². The second-order valence-corrected chi connectivity index (χ2v) is 7.34. The molecule has 1 aromatic carbocycles. The zero-order chi connectivity index (χ0) is 17.8. The predicted molar refractivity (Wildman–Crippen MR) is 93.0 cm³/mol. The van der Waals surface area contributed by atoms with Crippen LogP contribution in [-0.4, -0.2) is 18.0 Å². The average Bonchev–Trinajstić information content (AvgIpc) is 2.42. The van der Waals surface area contributed by atoms with Gasteiger partial charge in [-0.25, -0.2) is 4.79 Å². The number of nitrogens with two attached hydrogens (primary N) is 1. The van der Waals surface area contributed by atoms with Crippen molar-refractivity contribution in [2.45, 2.75) is 59.0 Å². The van der Waals surface area contributed by atoms with Crippen molar-refractivity contribution >= 4 is 11.9 Å². The van der Waals surface area contributed by atoms with Gasteiger partial charge in [0, 0.05) is 6.04 Å². The summed E-state index contributed by atoms with van der Waals surface area (Å²) in [5, 5.41) is 5.38. The van der Waals surface area contributed by atoms with Gasteiger partial charge in [0.05, 0.1) is 6.04 Å². The monoisotopic (exact) mass is 319 g/mol. The van der Waals surface area contributed by atoms with Crippen LogP contribution in [0, 0.1) is 5.92 Å². The summed E-state index contributed by atoms with van der Waals surface area (Å²) in [5.41, 5.74) is 7.48. The van der Waals surface area contributed by atoms with E-state index >= 15 is 0 Å². The topological polar surface area (TPSA) is 84.2 Å². The molecule has 0 aliphatic heterocycles. The summed E-state index contributed by atoms with van der Waals surface area (Å²) in [7, 11) is 0. The largest absolute Gasteiger partial charge is 0.351 e. The van der Waals surface area contributed by atoms with Crippen molar-refractivity contribution in [3.63, 3.8) is 0 Å². The second-order valence-electron chi connectivity index (χ2n) is 7.34. The number of hydrogen-bond donors (Lipinski definition) is 3. The van der Waals surface area contributed by atoms with Gasteiger partial charge in [0.2, 0.25) is 5.91 Å². The van der Waals surface area contributed by atoms with E-state index in [1.54, 1.807) is 6.92 Å². The van der Waals surface area contributed by atoms with E-state index in [0.717, 1.165) is 5.56 Å². The Balaban J connectivity index is 2.90. The Labute approximate surface area is 139 Å². The molecule has 0 aliphatic rings. The lowest BCUT2D eigenvalue weighted by Gasteiger charge is -2.27. The molecule has 0 bridgehead atoms. The molecule has 2 atom stereocenters. The molecule has 0 unspecified atom stereocenters. The minimum absolute atomic E-state index is 0.0117. The lowest BCUT2D eigenvalue weighted by Crippen LogP contribution is -2.48. The molecule has 0 spiro atoms. The zero-order valence-corrected chi connectivity index (χ0v) is 14.9. The van der Waals surface area contributed by atoms with Crippen LogP contribution in [0.5, 0.6) is 0 Å². The molecular weight excluding hydrogens is 290 g/mol. The summed E-state index contributed by atoms with van der Waals surface area (Å²) in [4.78, 5) is 22.7. The molecule has 1 rings (SSSR count). The number of imide groups is 1. The molecule has 128 valence electrons. The molecule has 4 N–H and O–H groups in total. The maximum atomic E-state index is 11.9. The van der Waals surface area contributed by atoms with Gasteiger partial charge in [-0.15, -0.1) is 0 Å². The molecule has 0 aliphatic carbocycles. The molecule has 0 saturated heterocycles. The summed E-state index contributed by atoms with van der Waals surface area (Å²) >= 11 is 0. The van der Waals surface area contributed by atoms with E-state index in [-0.39, 0.29) is 11.5 Å². The SMILES string of the molecule is CC(C)[C@@H](N[C@@H](C)C(=O)NC(N)=O)c1ccc(C(C)(C)C)cc1. The summed E-state index contributed by atoms with van der Waals surface area (Å²) in [6.45, 7) is 12.4. The third kappa shape index (κ3) is 5.67. The molecule has 0 aromatic heterocycles. The van der Waals surface area contributed by atoms with E-state index in [1.165, 1.54) is 5.56 Å². The first kappa shape index (κ1) is 19.2. The number of benzene rings is 1. The number of hydrogen-bond acceptors (Lipinski definition) is 3. The third-order valence-electron chi connectivity index (χ3n) is 3.87. The molecule has 3 amide bonds. The van der Waals surface area contributed by atoms with E-state index < -0.39 is 18.0 Å². The number of nitrogens with one attached hydrogen (secondary N) is 2. The lowest BCUT2D eigenvalue weighted by molar-refractivity contribution is -0.121. The smallest absolute Gasteiger partial charge is 0.318 e. The average molecular weight is 319 g/mol. The highest BCUT2D eigenvalue weighted by Gasteiger charge is 2.23. The van der Waals surface area contributed by atoms with Crippen molar-refractivity contribution in [3.8, 4) is 0 Å². The Morgan fingerprint density at radius 1 is 1.04 bits per heavy atom. The molecule has 5 heteroatoms. The van der Waals surface area contributed by atoms with Crippen LogP contribution >= 0.6 is 0 Å². The van der Waals surface area contributed by atoms with Crippen molar-refractivity contribution in [1.82, 2.24) is 10.6 Å². The van der Waals surface area contributed by atoms with Crippen LogP contribution < -0.4 is 16.4 Å². The first-order valence-electron chi connectivity index (χ1n) is 7.99. The van der Waals surface area contributed by atoms with E-state index in [9.17, 15) is 9.59 Å². The van der Waals surface area contributed by atoms with Crippen LogP contribution in [0.2, 0.25) is 0 Å². The summed E-state index contributed by atoms with van der Waals surface area (Å²) in [6, 6.07) is 7.10. The molecule has 0 heterocycles. The van der Waals surface area contributed by atoms with Gasteiger partial charge in [-0.1, -0.05) is 58.9 Å². The fraction of sp³-hybridized carbons (Fsp3) is 0.556. The van der Waals surface area contributed by atoms with Crippen LogP contribution in [0.3, 0.4) is 0 Å². The Bertz CT molecular complexity index is 544. The van der Waals surface area contributed by atoms with Gasteiger partial charge in [-0.2, -0.15) is 0 Å². The number of amides is 3. The third-order valence-corrected chi connectivity index (χ3v) is 3.87. The van der Waals surface area contributed by atoms with Crippen molar-refractivity contribution in [1.29, 1.82) is 0 Å². The molecule has 23 heavy (non-hydrogen) atoms. The zero-order valence-electron chi connectivity index (χ0n) is 14.9. The van der Waals surface area contributed by atoms with E-state index in [2.05, 4.69) is 69.5 Å². The normalized spacial score (nSPS) is 14.4. The first-order chi connectivity index (χ1) is 10.5. The number of urea groups is 1. The van der Waals surface area contributed by atoms with Gasteiger partial charge >= 0.3 is 6.03 Å². The van der Waals surface area contributed by atoms with E-state index in [1.807, 2.05) is 0 Å². The maximum Gasteiger partial charge on any atom is 0.318 e. The molecule has 5 nitrogen and oxygen atoms in total. The Morgan fingerprint density at radius 3 is 1.96 bits per heavy atom. The molecular formula is C18H29N3O2. The minimum Gasteiger partial charge on any atom is -0.351 e. The van der Waals surface area contributed by atoms with Crippen LogP contribution in [0.25, 0.3) is 0 Å². The number of carbonyl (C=O) groups is 2. The fourth-order valence-electron chi connectivity index (χ4n) is 2.44. The fourth-order valence-corrected chi connectivity index (χ4v) is 2.44. The minimum atomic E-state index is -0.834. The number of carbonyl (C=O) groups excluding carboxylic acids is 2. The first-order valence-corrected chi connectivity index (χ1v) is 7.99. The highest BCUT2D eigenvalue weighted by Crippen LogP contribution is 2.27. The molecule has 0 saturated carbocycles.